The number of carbonyl (C=O) groups is 2. The third-order valence-corrected chi connectivity index (χ3v) is 6.82. The normalized spacial score (nSPS) is 27.5. The first-order chi connectivity index (χ1) is 12.5. The Kier molecular flexibility index (Phi) is 4.76. The van der Waals surface area contributed by atoms with E-state index in [9.17, 15) is 9.59 Å². The van der Waals surface area contributed by atoms with Crippen LogP contribution in [0.25, 0.3) is 0 Å². The van der Waals surface area contributed by atoms with Crippen molar-refractivity contribution in [2.45, 2.75) is 57.4 Å². The van der Waals surface area contributed by atoms with Gasteiger partial charge in [0.1, 0.15) is 5.69 Å². The Bertz CT molecular complexity index is 710. The monoisotopic (exact) mass is 377 g/mol. The largest absolute Gasteiger partial charge is 0.345 e. The van der Waals surface area contributed by atoms with Crippen molar-refractivity contribution in [1.29, 1.82) is 0 Å². The molecule has 1 aromatic heterocycles. The molecule has 4 rings (SSSR count). The van der Waals surface area contributed by atoms with E-state index in [0.717, 1.165) is 38.6 Å². The fraction of sp³-hybridized carbons (Fsp3) is 0.700. The number of likely N-dealkylation sites (tertiary alicyclic amines) is 2. The summed E-state index contributed by atoms with van der Waals surface area (Å²) in [5.74, 6) is 0.287. The molecule has 6 heteroatoms. The van der Waals surface area contributed by atoms with Crippen LogP contribution in [0.3, 0.4) is 0 Å². The number of hydrogen-bond donors (Lipinski definition) is 0. The highest BCUT2D eigenvalue weighted by Crippen LogP contribution is 2.42. The van der Waals surface area contributed by atoms with Crippen molar-refractivity contribution in [2.75, 3.05) is 19.6 Å². The second-order valence-electron chi connectivity index (χ2n) is 8.31. The molecule has 3 heterocycles. The molecule has 5 nitrogen and oxygen atoms in total. The topological polar surface area (TPSA) is 45.6 Å². The smallest absolute Gasteiger partial charge is 0.270 e. The van der Waals surface area contributed by atoms with Crippen LogP contribution in [0.15, 0.2) is 12.3 Å². The number of hydrogen-bond acceptors (Lipinski definition) is 2. The number of halogens is 1. The van der Waals surface area contributed by atoms with Crippen LogP contribution in [0.2, 0.25) is 5.02 Å². The molecule has 1 atom stereocenters. The van der Waals surface area contributed by atoms with E-state index in [4.69, 9.17) is 11.6 Å². The van der Waals surface area contributed by atoms with Gasteiger partial charge in [0.15, 0.2) is 0 Å². The Morgan fingerprint density at radius 3 is 2.62 bits per heavy atom. The summed E-state index contributed by atoms with van der Waals surface area (Å²) in [5.41, 5.74) is 0.236. The molecule has 0 N–H and O–H groups in total. The summed E-state index contributed by atoms with van der Waals surface area (Å²) in [5, 5.41) is 0.571. The maximum atomic E-state index is 13.4. The lowest BCUT2D eigenvalue weighted by Gasteiger charge is -2.44. The van der Waals surface area contributed by atoms with Gasteiger partial charge in [-0.05, 0) is 38.2 Å². The number of carbonyl (C=O) groups excluding carboxylic acids is 2. The van der Waals surface area contributed by atoms with Gasteiger partial charge in [0.25, 0.3) is 5.91 Å². The highest BCUT2D eigenvalue weighted by atomic mass is 35.5. The van der Waals surface area contributed by atoms with Crippen LogP contribution in [-0.2, 0) is 11.8 Å². The molecular formula is C20H28ClN3O2. The fourth-order valence-electron chi connectivity index (χ4n) is 5.17. The van der Waals surface area contributed by atoms with Crippen molar-refractivity contribution in [1.82, 2.24) is 14.4 Å². The van der Waals surface area contributed by atoms with E-state index in [2.05, 4.69) is 4.90 Å². The van der Waals surface area contributed by atoms with E-state index in [-0.39, 0.29) is 11.3 Å². The minimum absolute atomic E-state index is 0.0149. The summed E-state index contributed by atoms with van der Waals surface area (Å²) < 4.78 is 1.77. The van der Waals surface area contributed by atoms with E-state index in [1.54, 1.807) is 16.8 Å². The second-order valence-corrected chi connectivity index (χ2v) is 8.74. The molecule has 1 aliphatic carbocycles. The number of rotatable bonds is 2. The quantitative estimate of drug-likeness (QED) is 0.792. The summed E-state index contributed by atoms with van der Waals surface area (Å²) >= 11 is 6.03. The molecule has 0 unspecified atom stereocenters. The summed E-state index contributed by atoms with van der Waals surface area (Å²) in [6.45, 7) is 2.11. The van der Waals surface area contributed by atoms with Crippen molar-refractivity contribution >= 4 is 23.4 Å². The molecule has 26 heavy (non-hydrogen) atoms. The lowest BCUT2D eigenvalue weighted by Crippen LogP contribution is -2.54. The van der Waals surface area contributed by atoms with Crippen molar-refractivity contribution in [3.8, 4) is 0 Å². The van der Waals surface area contributed by atoms with Crippen LogP contribution in [0.1, 0.15) is 61.9 Å². The van der Waals surface area contributed by atoms with Crippen molar-refractivity contribution in [3.05, 3.63) is 23.0 Å². The van der Waals surface area contributed by atoms with Gasteiger partial charge in [-0.2, -0.15) is 0 Å². The van der Waals surface area contributed by atoms with Gasteiger partial charge >= 0.3 is 0 Å². The van der Waals surface area contributed by atoms with Crippen molar-refractivity contribution in [3.63, 3.8) is 0 Å². The molecule has 2 saturated heterocycles. The van der Waals surface area contributed by atoms with Gasteiger partial charge < -0.3 is 14.4 Å². The van der Waals surface area contributed by atoms with Gasteiger partial charge in [-0.15, -0.1) is 0 Å². The first-order valence-corrected chi connectivity index (χ1v) is 10.3. The molecule has 3 aliphatic rings. The van der Waals surface area contributed by atoms with Crippen LogP contribution in [0, 0.1) is 5.41 Å². The molecule has 1 aromatic rings. The molecule has 1 spiro atoms. The number of aromatic nitrogens is 1. The number of aryl methyl sites for hydroxylation is 1. The predicted octanol–water partition coefficient (Wildman–Crippen LogP) is 3.47. The molecule has 0 bridgehead atoms. The standard InChI is InChI=1S/C20H28ClN3O2/c1-22-13-15(21)12-17(22)18(25)23-11-9-20(14-23)8-5-10-24(19(20)26)16-6-3-2-4-7-16/h12-13,16H,2-11,14H2,1H3/t20-/m0/s1. The molecule has 142 valence electrons. The van der Waals surface area contributed by atoms with E-state index in [0.29, 0.717) is 35.8 Å². The lowest BCUT2D eigenvalue weighted by molar-refractivity contribution is -0.149. The third-order valence-electron chi connectivity index (χ3n) is 6.62. The Morgan fingerprint density at radius 2 is 1.92 bits per heavy atom. The molecule has 2 amide bonds. The summed E-state index contributed by atoms with van der Waals surface area (Å²) in [6.07, 6.45) is 10.6. The van der Waals surface area contributed by atoms with Crippen LogP contribution in [0.5, 0.6) is 0 Å². The Hall–Kier alpha value is -1.49. The van der Waals surface area contributed by atoms with Crippen LogP contribution >= 0.6 is 11.6 Å². The van der Waals surface area contributed by atoms with Crippen molar-refractivity contribution in [2.24, 2.45) is 12.5 Å². The Morgan fingerprint density at radius 1 is 1.15 bits per heavy atom. The Labute approximate surface area is 160 Å². The molecule has 2 aliphatic heterocycles. The predicted molar refractivity (Wildman–Crippen MR) is 101 cm³/mol. The van der Waals surface area contributed by atoms with Gasteiger partial charge in [0, 0.05) is 38.9 Å². The second kappa shape index (κ2) is 6.91. The average molecular weight is 378 g/mol. The van der Waals surface area contributed by atoms with Gasteiger partial charge in [0.05, 0.1) is 10.4 Å². The number of piperidine rings is 1. The van der Waals surface area contributed by atoms with E-state index in [1.165, 1.54) is 19.3 Å². The SMILES string of the molecule is Cn1cc(Cl)cc1C(=O)N1CC[C@@]2(CCCN(C3CCCCC3)C2=O)C1. The summed E-state index contributed by atoms with van der Waals surface area (Å²) in [4.78, 5) is 30.3. The lowest BCUT2D eigenvalue weighted by atomic mass is 9.77. The molecular weight excluding hydrogens is 350 g/mol. The zero-order valence-electron chi connectivity index (χ0n) is 15.5. The summed E-state index contributed by atoms with van der Waals surface area (Å²) in [7, 11) is 1.83. The van der Waals surface area contributed by atoms with Crippen molar-refractivity contribution < 1.29 is 9.59 Å². The van der Waals surface area contributed by atoms with Gasteiger partial charge in [-0.3, -0.25) is 9.59 Å². The van der Waals surface area contributed by atoms with Gasteiger partial charge in [0.2, 0.25) is 5.91 Å². The highest BCUT2D eigenvalue weighted by molar-refractivity contribution is 6.31. The van der Waals surface area contributed by atoms with E-state index >= 15 is 0 Å². The Balaban J connectivity index is 1.49. The average Bonchev–Trinajstić information content (AvgIpc) is 3.21. The molecule has 0 aromatic carbocycles. The maximum Gasteiger partial charge on any atom is 0.270 e. The zero-order valence-corrected chi connectivity index (χ0v) is 16.3. The van der Waals surface area contributed by atoms with E-state index in [1.807, 2.05) is 11.9 Å². The molecule has 3 fully saturated rings. The van der Waals surface area contributed by atoms with Gasteiger partial charge in [-0.1, -0.05) is 30.9 Å². The minimum atomic E-state index is -0.361. The number of nitrogens with zero attached hydrogens (tertiary/aromatic N) is 3. The first-order valence-electron chi connectivity index (χ1n) is 9.92. The molecule has 0 radical (unpaired) electrons. The number of amides is 2. The molecule has 1 saturated carbocycles. The maximum absolute atomic E-state index is 13.4. The summed E-state index contributed by atoms with van der Waals surface area (Å²) in [6, 6.07) is 2.14. The zero-order chi connectivity index (χ0) is 18.3. The third kappa shape index (κ3) is 3.04. The fourth-order valence-corrected chi connectivity index (χ4v) is 5.41. The van der Waals surface area contributed by atoms with E-state index < -0.39 is 0 Å². The first kappa shape index (κ1) is 17.9. The van der Waals surface area contributed by atoms with Crippen LogP contribution < -0.4 is 0 Å². The van der Waals surface area contributed by atoms with Crippen LogP contribution in [0.4, 0.5) is 0 Å². The van der Waals surface area contributed by atoms with Gasteiger partial charge in [-0.25, -0.2) is 0 Å². The van der Waals surface area contributed by atoms with Crippen LogP contribution in [-0.4, -0.2) is 51.9 Å². The highest BCUT2D eigenvalue weighted by Gasteiger charge is 2.50. The minimum Gasteiger partial charge on any atom is -0.345 e.